The molecule has 3 aliphatic rings. The highest BCUT2D eigenvalue weighted by Gasteiger charge is 2.38. The molecule has 4 rings (SSSR count). The Morgan fingerprint density at radius 2 is 1.96 bits per heavy atom. The largest absolute Gasteiger partial charge is 0.341 e. The van der Waals surface area contributed by atoms with Gasteiger partial charge in [0, 0.05) is 44.1 Å². The maximum atomic E-state index is 12.7. The van der Waals surface area contributed by atoms with Gasteiger partial charge in [-0.05, 0) is 50.7 Å². The van der Waals surface area contributed by atoms with E-state index in [9.17, 15) is 9.59 Å². The molecule has 25 heavy (non-hydrogen) atoms. The highest BCUT2D eigenvalue weighted by molar-refractivity contribution is 7.13. The van der Waals surface area contributed by atoms with Crippen LogP contribution >= 0.6 is 11.3 Å². The van der Waals surface area contributed by atoms with Gasteiger partial charge in [-0.25, -0.2) is 0 Å². The van der Waals surface area contributed by atoms with Gasteiger partial charge in [0.25, 0.3) is 5.91 Å². The molecular formula is C19H27N3O2S. The minimum Gasteiger partial charge on any atom is -0.341 e. The van der Waals surface area contributed by atoms with Crippen LogP contribution in [0.15, 0.2) is 12.1 Å². The quantitative estimate of drug-likeness (QED) is 0.826. The van der Waals surface area contributed by atoms with Crippen molar-refractivity contribution in [1.82, 2.24) is 14.7 Å². The number of likely N-dealkylation sites (tertiary alicyclic amines) is 1. The molecule has 3 heterocycles. The van der Waals surface area contributed by atoms with E-state index in [1.54, 1.807) is 11.3 Å². The van der Waals surface area contributed by atoms with Gasteiger partial charge in [0.05, 0.1) is 10.9 Å². The molecule has 136 valence electrons. The number of aryl methyl sites for hydroxylation is 1. The molecule has 1 aromatic rings. The first-order chi connectivity index (χ1) is 12.1. The zero-order chi connectivity index (χ0) is 17.4. The van der Waals surface area contributed by atoms with Crippen molar-refractivity contribution in [3.8, 4) is 0 Å². The number of nitrogens with zero attached hydrogens (tertiary/aromatic N) is 3. The Morgan fingerprint density at radius 3 is 2.68 bits per heavy atom. The molecular weight excluding hydrogens is 334 g/mol. The van der Waals surface area contributed by atoms with E-state index >= 15 is 0 Å². The molecule has 1 saturated carbocycles. The topological polar surface area (TPSA) is 43.9 Å². The Hall–Kier alpha value is -1.40. The average Bonchev–Trinajstić information content (AvgIpc) is 3.28. The van der Waals surface area contributed by atoms with Crippen molar-refractivity contribution in [1.29, 1.82) is 0 Å². The SMILES string of the molecule is Cc1ccc(C(=O)N2CCCN([C@@H]3CCN(CC4CC4)C3=O)CC2)s1. The van der Waals surface area contributed by atoms with Crippen LogP contribution in [0, 0.1) is 12.8 Å². The maximum Gasteiger partial charge on any atom is 0.263 e. The van der Waals surface area contributed by atoms with Gasteiger partial charge in [-0.2, -0.15) is 0 Å². The normalized spacial score (nSPS) is 25.5. The van der Waals surface area contributed by atoms with E-state index in [0.717, 1.165) is 62.9 Å². The van der Waals surface area contributed by atoms with Crippen molar-refractivity contribution < 1.29 is 9.59 Å². The second-order valence-corrected chi connectivity index (χ2v) is 8.91. The third kappa shape index (κ3) is 3.75. The highest BCUT2D eigenvalue weighted by Crippen LogP contribution is 2.32. The lowest BCUT2D eigenvalue weighted by molar-refractivity contribution is -0.132. The van der Waals surface area contributed by atoms with E-state index < -0.39 is 0 Å². The van der Waals surface area contributed by atoms with Crippen molar-refractivity contribution in [2.24, 2.45) is 5.92 Å². The molecule has 3 fully saturated rings. The molecule has 2 amide bonds. The van der Waals surface area contributed by atoms with Gasteiger partial charge < -0.3 is 9.80 Å². The van der Waals surface area contributed by atoms with E-state index in [2.05, 4.69) is 9.80 Å². The van der Waals surface area contributed by atoms with Crippen molar-refractivity contribution >= 4 is 23.2 Å². The van der Waals surface area contributed by atoms with E-state index in [1.807, 2.05) is 24.0 Å². The zero-order valence-corrected chi connectivity index (χ0v) is 15.8. The van der Waals surface area contributed by atoms with Crippen LogP contribution in [0.3, 0.4) is 0 Å². The van der Waals surface area contributed by atoms with Crippen LogP contribution in [0.5, 0.6) is 0 Å². The Morgan fingerprint density at radius 1 is 1.12 bits per heavy atom. The molecule has 1 aliphatic carbocycles. The first-order valence-corrected chi connectivity index (χ1v) is 10.3. The van der Waals surface area contributed by atoms with Gasteiger partial charge >= 0.3 is 0 Å². The fraction of sp³-hybridized carbons (Fsp3) is 0.684. The van der Waals surface area contributed by atoms with E-state index in [-0.39, 0.29) is 11.9 Å². The first kappa shape index (κ1) is 17.0. The summed E-state index contributed by atoms with van der Waals surface area (Å²) in [5, 5.41) is 0. The summed E-state index contributed by atoms with van der Waals surface area (Å²) in [6, 6.07) is 3.98. The standard InChI is InChI=1S/C19H27N3O2S/c1-14-3-6-17(25-14)19(24)21-9-2-8-20(11-12-21)16-7-10-22(18(16)23)13-15-4-5-15/h3,6,15-16H,2,4-5,7-13H2,1H3/t16-/m1/s1. The lowest BCUT2D eigenvalue weighted by Crippen LogP contribution is -2.44. The summed E-state index contributed by atoms with van der Waals surface area (Å²) in [5.41, 5.74) is 0. The van der Waals surface area contributed by atoms with Gasteiger partial charge in [-0.15, -0.1) is 11.3 Å². The number of rotatable bonds is 4. The van der Waals surface area contributed by atoms with Crippen LogP contribution in [0.25, 0.3) is 0 Å². The fourth-order valence-corrected chi connectivity index (χ4v) is 4.85. The molecule has 1 atom stereocenters. The van der Waals surface area contributed by atoms with Crippen LogP contribution in [0.1, 0.15) is 40.2 Å². The number of hydrogen-bond acceptors (Lipinski definition) is 4. The molecule has 0 unspecified atom stereocenters. The number of carbonyl (C=O) groups is 2. The Bertz CT molecular complexity index is 655. The summed E-state index contributed by atoms with van der Waals surface area (Å²) >= 11 is 1.57. The third-order valence-electron chi connectivity index (χ3n) is 5.65. The number of hydrogen-bond donors (Lipinski definition) is 0. The molecule has 0 N–H and O–H groups in total. The third-order valence-corrected chi connectivity index (χ3v) is 6.64. The van der Waals surface area contributed by atoms with Crippen LogP contribution in [0.4, 0.5) is 0 Å². The fourth-order valence-electron chi connectivity index (χ4n) is 4.01. The van der Waals surface area contributed by atoms with Crippen molar-refractivity contribution in [3.63, 3.8) is 0 Å². The first-order valence-electron chi connectivity index (χ1n) is 9.50. The van der Waals surface area contributed by atoms with Gasteiger partial charge in [-0.1, -0.05) is 0 Å². The molecule has 6 heteroatoms. The summed E-state index contributed by atoms with van der Waals surface area (Å²) in [5.74, 6) is 1.22. The monoisotopic (exact) mass is 361 g/mol. The molecule has 5 nitrogen and oxygen atoms in total. The molecule has 1 aromatic heterocycles. The molecule has 2 aliphatic heterocycles. The lowest BCUT2D eigenvalue weighted by Gasteiger charge is -2.26. The van der Waals surface area contributed by atoms with E-state index in [4.69, 9.17) is 0 Å². The Balaban J connectivity index is 1.35. The summed E-state index contributed by atoms with van der Waals surface area (Å²) < 4.78 is 0. The van der Waals surface area contributed by atoms with Crippen LogP contribution in [-0.4, -0.2) is 71.8 Å². The van der Waals surface area contributed by atoms with Crippen LogP contribution < -0.4 is 0 Å². The summed E-state index contributed by atoms with van der Waals surface area (Å²) in [7, 11) is 0. The van der Waals surface area contributed by atoms with Crippen molar-refractivity contribution in [2.75, 3.05) is 39.3 Å². The second kappa shape index (κ2) is 7.08. The van der Waals surface area contributed by atoms with Crippen LogP contribution in [0.2, 0.25) is 0 Å². The van der Waals surface area contributed by atoms with E-state index in [0.29, 0.717) is 5.91 Å². The van der Waals surface area contributed by atoms with E-state index in [1.165, 1.54) is 17.7 Å². The molecule has 2 saturated heterocycles. The highest BCUT2D eigenvalue weighted by atomic mass is 32.1. The van der Waals surface area contributed by atoms with Crippen LogP contribution in [-0.2, 0) is 4.79 Å². The molecule has 0 bridgehead atoms. The average molecular weight is 362 g/mol. The number of carbonyl (C=O) groups excluding carboxylic acids is 2. The summed E-state index contributed by atoms with van der Waals surface area (Å²) in [4.78, 5) is 33.8. The zero-order valence-electron chi connectivity index (χ0n) is 14.9. The van der Waals surface area contributed by atoms with Crippen molar-refractivity contribution in [3.05, 3.63) is 21.9 Å². The predicted octanol–water partition coefficient (Wildman–Crippen LogP) is 2.22. The summed E-state index contributed by atoms with van der Waals surface area (Å²) in [6.07, 6.45) is 4.47. The minimum atomic E-state index is 0.0396. The number of thiophene rings is 1. The van der Waals surface area contributed by atoms with Gasteiger partial charge in [-0.3, -0.25) is 14.5 Å². The molecule has 0 spiro atoms. The minimum absolute atomic E-state index is 0.0396. The Labute approximate surface area is 153 Å². The van der Waals surface area contributed by atoms with Crippen molar-refractivity contribution in [2.45, 2.75) is 38.6 Å². The van der Waals surface area contributed by atoms with Gasteiger partial charge in [0.2, 0.25) is 5.91 Å². The summed E-state index contributed by atoms with van der Waals surface area (Å²) in [6.45, 7) is 7.15. The number of amides is 2. The second-order valence-electron chi connectivity index (χ2n) is 7.62. The Kier molecular flexibility index (Phi) is 4.82. The maximum absolute atomic E-state index is 12.7. The molecule has 0 aromatic carbocycles. The lowest BCUT2D eigenvalue weighted by atomic mass is 10.2. The molecule has 0 radical (unpaired) electrons. The van der Waals surface area contributed by atoms with Gasteiger partial charge in [0.15, 0.2) is 0 Å². The van der Waals surface area contributed by atoms with Gasteiger partial charge in [0.1, 0.15) is 0 Å². The smallest absolute Gasteiger partial charge is 0.263 e. The predicted molar refractivity (Wildman–Crippen MR) is 98.9 cm³/mol.